The molecule has 0 spiro atoms. The summed E-state index contributed by atoms with van der Waals surface area (Å²) < 4.78 is 0. The molecule has 19 heavy (non-hydrogen) atoms. The van der Waals surface area contributed by atoms with Gasteiger partial charge in [-0.1, -0.05) is 18.5 Å². The largest absolute Gasteiger partial charge is 0.409 e. The second-order valence-electron chi connectivity index (χ2n) is 5.20. The average molecular weight is 262 g/mol. The van der Waals surface area contributed by atoms with Gasteiger partial charge in [0.05, 0.1) is 5.56 Å². The molecule has 2 heterocycles. The van der Waals surface area contributed by atoms with Crippen LogP contribution < -0.4 is 10.6 Å². The third-order valence-corrected chi connectivity index (χ3v) is 3.68. The van der Waals surface area contributed by atoms with Gasteiger partial charge in [0.2, 0.25) is 0 Å². The molecule has 1 atom stereocenters. The molecule has 1 saturated heterocycles. The van der Waals surface area contributed by atoms with E-state index in [1.54, 1.807) is 0 Å². The van der Waals surface area contributed by atoms with Gasteiger partial charge in [-0.2, -0.15) is 0 Å². The minimum atomic E-state index is 0.126. The van der Waals surface area contributed by atoms with E-state index in [1.807, 2.05) is 19.1 Å². The molecule has 1 aliphatic heterocycles. The number of amidine groups is 1. The van der Waals surface area contributed by atoms with Crippen LogP contribution in [0.15, 0.2) is 17.3 Å². The number of aromatic nitrogens is 1. The van der Waals surface area contributed by atoms with Crippen LogP contribution in [0.4, 0.5) is 5.82 Å². The Kier molecular flexibility index (Phi) is 4.24. The van der Waals surface area contributed by atoms with E-state index in [1.165, 1.54) is 19.3 Å². The summed E-state index contributed by atoms with van der Waals surface area (Å²) in [5.74, 6) is 1.70. The van der Waals surface area contributed by atoms with Crippen LogP contribution in [0.5, 0.6) is 0 Å². The average Bonchev–Trinajstić information content (AvgIpc) is 2.87. The van der Waals surface area contributed by atoms with E-state index in [9.17, 15) is 0 Å². The number of nitrogens with two attached hydrogens (primary N) is 1. The van der Waals surface area contributed by atoms with Crippen molar-refractivity contribution in [3.05, 3.63) is 23.4 Å². The van der Waals surface area contributed by atoms with E-state index in [0.717, 1.165) is 30.5 Å². The third-order valence-electron chi connectivity index (χ3n) is 3.68. The Hall–Kier alpha value is -1.78. The Morgan fingerprint density at radius 2 is 2.37 bits per heavy atom. The molecule has 1 aliphatic rings. The van der Waals surface area contributed by atoms with Crippen LogP contribution in [-0.4, -0.2) is 29.1 Å². The maximum Gasteiger partial charge on any atom is 0.173 e. The number of anilines is 1. The van der Waals surface area contributed by atoms with Crippen LogP contribution in [0.25, 0.3) is 0 Å². The molecule has 2 rings (SSSR count). The molecule has 104 valence electrons. The van der Waals surface area contributed by atoms with Gasteiger partial charge >= 0.3 is 0 Å². The highest BCUT2D eigenvalue weighted by atomic mass is 16.4. The molecule has 1 unspecified atom stereocenters. The van der Waals surface area contributed by atoms with E-state index in [0.29, 0.717) is 5.56 Å². The number of rotatable bonds is 4. The fraction of sp³-hybridized carbons (Fsp3) is 0.571. The second-order valence-corrected chi connectivity index (χ2v) is 5.20. The predicted molar refractivity (Wildman–Crippen MR) is 76.7 cm³/mol. The number of hydrogen-bond acceptors (Lipinski definition) is 4. The summed E-state index contributed by atoms with van der Waals surface area (Å²) in [7, 11) is 0. The van der Waals surface area contributed by atoms with Crippen molar-refractivity contribution in [2.24, 2.45) is 16.8 Å². The first-order chi connectivity index (χ1) is 9.15. The highest BCUT2D eigenvalue weighted by Crippen LogP contribution is 2.27. The Morgan fingerprint density at radius 1 is 1.58 bits per heavy atom. The van der Waals surface area contributed by atoms with Gasteiger partial charge < -0.3 is 15.8 Å². The Balaban J connectivity index is 2.26. The molecule has 5 heteroatoms. The topological polar surface area (TPSA) is 74.7 Å². The molecular weight excluding hydrogens is 240 g/mol. The van der Waals surface area contributed by atoms with Crippen molar-refractivity contribution < 1.29 is 5.21 Å². The van der Waals surface area contributed by atoms with Crippen molar-refractivity contribution >= 4 is 11.7 Å². The lowest BCUT2D eigenvalue weighted by Crippen LogP contribution is -2.26. The second kappa shape index (κ2) is 5.91. The summed E-state index contributed by atoms with van der Waals surface area (Å²) in [6.45, 7) is 6.18. The lowest BCUT2D eigenvalue weighted by atomic mass is 10.0. The van der Waals surface area contributed by atoms with E-state index < -0.39 is 0 Å². The van der Waals surface area contributed by atoms with Gasteiger partial charge in [0.1, 0.15) is 5.82 Å². The quantitative estimate of drug-likeness (QED) is 0.377. The highest BCUT2D eigenvalue weighted by molar-refractivity contribution is 6.01. The van der Waals surface area contributed by atoms with Crippen LogP contribution in [0.2, 0.25) is 0 Å². The molecule has 0 saturated carbocycles. The van der Waals surface area contributed by atoms with Crippen molar-refractivity contribution in [3.8, 4) is 0 Å². The summed E-state index contributed by atoms with van der Waals surface area (Å²) >= 11 is 0. The molecule has 0 aliphatic carbocycles. The van der Waals surface area contributed by atoms with Crippen molar-refractivity contribution in [2.75, 3.05) is 18.0 Å². The summed E-state index contributed by atoms with van der Waals surface area (Å²) in [5.41, 5.74) is 7.40. The molecule has 0 bridgehead atoms. The van der Waals surface area contributed by atoms with Gasteiger partial charge in [0.15, 0.2) is 5.84 Å². The van der Waals surface area contributed by atoms with E-state index >= 15 is 0 Å². The molecule has 5 nitrogen and oxygen atoms in total. The lowest BCUT2D eigenvalue weighted by Gasteiger charge is -2.20. The van der Waals surface area contributed by atoms with Crippen LogP contribution in [0.3, 0.4) is 0 Å². The van der Waals surface area contributed by atoms with Gasteiger partial charge in [0, 0.05) is 18.8 Å². The monoisotopic (exact) mass is 262 g/mol. The first-order valence-corrected chi connectivity index (χ1v) is 6.86. The molecule has 3 N–H and O–H groups in total. The Bertz CT molecular complexity index is 473. The fourth-order valence-corrected chi connectivity index (χ4v) is 2.71. The summed E-state index contributed by atoms with van der Waals surface area (Å²) in [4.78, 5) is 6.82. The van der Waals surface area contributed by atoms with Crippen LogP contribution in [0.1, 0.15) is 37.4 Å². The van der Waals surface area contributed by atoms with E-state index in [4.69, 9.17) is 10.9 Å². The molecule has 1 fully saturated rings. The van der Waals surface area contributed by atoms with Crippen LogP contribution in [0, 0.1) is 12.8 Å². The minimum absolute atomic E-state index is 0.126. The first-order valence-electron chi connectivity index (χ1n) is 6.86. The standard InChI is InChI=1S/C14H22N4O/c1-3-4-11-7-8-18(9-11)14-12(13(15)17-19)6-5-10(2)16-14/h5-6,11,19H,3-4,7-9H2,1-2H3,(H2,15,17). The molecule has 0 aromatic carbocycles. The zero-order chi connectivity index (χ0) is 13.8. The van der Waals surface area contributed by atoms with Crippen molar-refractivity contribution in [1.29, 1.82) is 0 Å². The predicted octanol–water partition coefficient (Wildman–Crippen LogP) is 2.11. The minimum Gasteiger partial charge on any atom is -0.409 e. The number of hydrogen-bond donors (Lipinski definition) is 2. The zero-order valence-electron chi connectivity index (χ0n) is 11.6. The van der Waals surface area contributed by atoms with E-state index in [-0.39, 0.29) is 5.84 Å². The zero-order valence-corrected chi connectivity index (χ0v) is 11.6. The van der Waals surface area contributed by atoms with Crippen molar-refractivity contribution in [1.82, 2.24) is 4.98 Å². The Labute approximate surface area is 114 Å². The maximum atomic E-state index is 8.88. The van der Waals surface area contributed by atoms with E-state index in [2.05, 4.69) is 22.0 Å². The SMILES string of the molecule is CCCC1CCN(c2nc(C)ccc2/C(N)=N/O)C1. The third kappa shape index (κ3) is 2.97. The smallest absolute Gasteiger partial charge is 0.173 e. The molecule has 1 aromatic heterocycles. The fourth-order valence-electron chi connectivity index (χ4n) is 2.71. The molecule has 0 amide bonds. The van der Waals surface area contributed by atoms with Gasteiger partial charge in [-0.3, -0.25) is 0 Å². The van der Waals surface area contributed by atoms with Gasteiger partial charge in [0.25, 0.3) is 0 Å². The number of pyridine rings is 1. The highest BCUT2D eigenvalue weighted by Gasteiger charge is 2.25. The normalized spacial score (nSPS) is 20.0. The summed E-state index contributed by atoms with van der Waals surface area (Å²) in [6, 6.07) is 3.76. The van der Waals surface area contributed by atoms with Crippen LogP contribution in [-0.2, 0) is 0 Å². The maximum absolute atomic E-state index is 8.88. The summed E-state index contributed by atoms with van der Waals surface area (Å²) in [5, 5.41) is 12.0. The van der Waals surface area contributed by atoms with Gasteiger partial charge in [-0.05, 0) is 37.8 Å². The molecule has 1 aromatic rings. The van der Waals surface area contributed by atoms with Crippen molar-refractivity contribution in [2.45, 2.75) is 33.1 Å². The Morgan fingerprint density at radius 3 is 3.05 bits per heavy atom. The van der Waals surface area contributed by atoms with Crippen molar-refractivity contribution in [3.63, 3.8) is 0 Å². The van der Waals surface area contributed by atoms with Crippen LogP contribution >= 0.6 is 0 Å². The number of nitrogens with zero attached hydrogens (tertiary/aromatic N) is 3. The molecule has 0 radical (unpaired) electrons. The number of aryl methyl sites for hydroxylation is 1. The van der Waals surface area contributed by atoms with Gasteiger partial charge in [-0.15, -0.1) is 0 Å². The van der Waals surface area contributed by atoms with Gasteiger partial charge in [-0.25, -0.2) is 4.98 Å². The number of oxime groups is 1. The first kappa shape index (κ1) is 13.6. The summed E-state index contributed by atoms with van der Waals surface area (Å²) in [6.07, 6.45) is 3.66. The lowest BCUT2D eigenvalue weighted by molar-refractivity contribution is 0.318. The molecular formula is C14H22N4O.